The Kier molecular flexibility index (Phi) is 11.0. The minimum atomic E-state index is -1.33. The van der Waals surface area contributed by atoms with E-state index >= 15 is 0 Å². The Morgan fingerprint density at radius 3 is 2.50 bits per heavy atom. The summed E-state index contributed by atoms with van der Waals surface area (Å²) in [6, 6.07) is 0. The van der Waals surface area contributed by atoms with E-state index in [2.05, 4.69) is 0 Å². The number of aliphatic carboxylic acids is 2. The first-order valence-electron chi connectivity index (χ1n) is 3.99. The van der Waals surface area contributed by atoms with Crippen LogP contribution < -0.4 is 69.3 Å². The maximum Gasteiger partial charge on any atom is 1.00 e. The second-order valence-electron chi connectivity index (χ2n) is 2.79. The minimum Gasteiger partial charge on any atom is -0.548 e. The van der Waals surface area contributed by atoms with Gasteiger partial charge in [0.2, 0.25) is 0 Å². The predicted octanol–water partition coefficient (Wildman–Crippen LogP) is -8.23. The second kappa shape index (κ2) is 9.41. The van der Waals surface area contributed by atoms with Gasteiger partial charge >= 0.3 is 59.1 Å². The molecule has 0 radical (unpaired) electrons. The number of allylic oxidation sites excluding steroid dienone is 2. The standard InChI is InChI=1S/C9H10O5.2Na/c10-8(11)5-14-7-3-1-2-6(4-7)9(12)13;;/h1-3,7H,4-5H2,(H,10,11)(H,12,13);;/q;2*+1/p-2. The fourth-order valence-electron chi connectivity index (χ4n) is 1.09. The smallest absolute Gasteiger partial charge is 0.548 e. The number of hydrogen-bond acceptors (Lipinski definition) is 5. The molecule has 1 unspecified atom stereocenters. The predicted molar refractivity (Wildman–Crippen MR) is 41.6 cm³/mol. The number of carbonyl (C=O) groups excluding carboxylic acids is 2. The summed E-state index contributed by atoms with van der Waals surface area (Å²) in [5, 5.41) is 20.5. The molecule has 1 aliphatic carbocycles. The molecule has 1 atom stereocenters. The van der Waals surface area contributed by atoms with Gasteiger partial charge in [-0.05, 0) is 5.57 Å². The number of ether oxygens (including phenoxy) is 1. The summed E-state index contributed by atoms with van der Waals surface area (Å²) in [4.78, 5) is 20.5. The van der Waals surface area contributed by atoms with E-state index in [-0.39, 0.29) is 71.1 Å². The first-order chi connectivity index (χ1) is 6.59. The molecule has 0 saturated heterocycles. The van der Waals surface area contributed by atoms with Crippen molar-refractivity contribution in [2.45, 2.75) is 12.5 Å². The molecule has 0 aromatic carbocycles. The van der Waals surface area contributed by atoms with Crippen LogP contribution in [0.5, 0.6) is 0 Å². The quantitative estimate of drug-likeness (QED) is 0.457. The van der Waals surface area contributed by atoms with Gasteiger partial charge in [-0.25, -0.2) is 0 Å². The van der Waals surface area contributed by atoms with Crippen LogP contribution in [-0.2, 0) is 14.3 Å². The molecule has 0 amide bonds. The first-order valence-corrected chi connectivity index (χ1v) is 3.99. The largest absolute Gasteiger partial charge is 1.00 e. The van der Waals surface area contributed by atoms with E-state index in [9.17, 15) is 19.8 Å². The fraction of sp³-hybridized carbons (Fsp3) is 0.333. The van der Waals surface area contributed by atoms with Crippen LogP contribution in [0.1, 0.15) is 6.42 Å². The molecule has 0 aromatic heterocycles. The minimum absolute atomic E-state index is 0. The van der Waals surface area contributed by atoms with Gasteiger partial charge in [0.15, 0.2) is 0 Å². The summed E-state index contributed by atoms with van der Waals surface area (Å²) in [5.41, 5.74) is 0.0934. The van der Waals surface area contributed by atoms with Crippen molar-refractivity contribution in [1.82, 2.24) is 0 Å². The van der Waals surface area contributed by atoms with E-state index in [1.165, 1.54) is 12.2 Å². The molecule has 1 rings (SSSR count). The van der Waals surface area contributed by atoms with Gasteiger partial charge in [0.05, 0.1) is 24.6 Å². The van der Waals surface area contributed by atoms with Gasteiger partial charge in [-0.3, -0.25) is 0 Å². The molecule has 0 heterocycles. The number of carboxylic acid groups (broad SMARTS) is 2. The van der Waals surface area contributed by atoms with Crippen molar-refractivity contribution in [3.8, 4) is 0 Å². The van der Waals surface area contributed by atoms with E-state index in [0.717, 1.165) is 0 Å². The Balaban J connectivity index is 0. The van der Waals surface area contributed by atoms with Gasteiger partial charge < -0.3 is 24.5 Å². The molecule has 0 bridgehead atoms. The SMILES string of the molecule is O=C([O-])COC1C=CC=C(C(=O)[O-])C1.[Na+].[Na+]. The Bertz CT molecular complexity index is 311. The number of carboxylic acids is 2. The molecule has 76 valence electrons. The average Bonchev–Trinajstić information content (AvgIpc) is 2.15. The maximum atomic E-state index is 10.4. The third-order valence-electron chi connectivity index (χ3n) is 1.72. The molecule has 7 heteroatoms. The molecule has 1 aliphatic rings. The molecule has 0 N–H and O–H groups in total. The first kappa shape index (κ1) is 18.7. The third kappa shape index (κ3) is 6.85. The van der Waals surface area contributed by atoms with Gasteiger partial charge in [0, 0.05) is 6.42 Å². The van der Waals surface area contributed by atoms with Crippen LogP contribution in [0.3, 0.4) is 0 Å². The number of hydrogen-bond donors (Lipinski definition) is 0. The van der Waals surface area contributed by atoms with E-state index in [1.54, 1.807) is 6.08 Å². The molecule has 0 aromatic rings. The van der Waals surface area contributed by atoms with Crippen LogP contribution in [0.2, 0.25) is 0 Å². The van der Waals surface area contributed by atoms with E-state index in [1.807, 2.05) is 0 Å². The molecular formula is C9H8Na2O5. The van der Waals surface area contributed by atoms with Gasteiger partial charge in [-0.2, -0.15) is 0 Å². The van der Waals surface area contributed by atoms with Crippen molar-refractivity contribution in [2.24, 2.45) is 0 Å². The zero-order valence-electron chi connectivity index (χ0n) is 9.26. The molecular weight excluding hydrogens is 234 g/mol. The monoisotopic (exact) mass is 242 g/mol. The Morgan fingerprint density at radius 1 is 1.38 bits per heavy atom. The Labute approximate surface area is 137 Å². The van der Waals surface area contributed by atoms with Crippen LogP contribution in [0, 0.1) is 0 Å². The van der Waals surface area contributed by atoms with Crippen molar-refractivity contribution in [1.29, 1.82) is 0 Å². The van der Waals surface area contributed by atoms with Crippen molar-refractivity contribution in [3.05, 3.63) is 23.8 Å². The summed E-state index contributed by atoms with van der Waals surface area (Å²) in [5.74, 6) is -2.60. The van der Waals surface area contributed by atoms with Crippen LogP contribution in [0.25, 0.3) is 0 Å². The Morgan fingerprint density at radius 2 is 2.00 bits per heavy atom. The van der Waals surface area contributed by atoms with E-state index in [0.29, 0.717) is 0 Å². The average molecular weight is 242 g/mol. The normalized spacial score (nSPS) is 17.8. The topological polar surface area (TPSA) is 89.5 Å². The summed E-state index contributed by atoms with van der Waals surface area (Å²) in [6.45, 7) is -0.546. The van der Waals surface area contributed by atoms with Gasteiger partial charge in [0.1, 0.15) is 0 Å². The van der Waals surface area contributed by atoms with Gasteiger partial charge in [-0.1, -0.05) is 18.2 Å². The second-order valence-corrected chi connectivity index (χ2v) is 2.79. The van der Waals surface area contributed by atoms with Crippen molar-refractivity contribution < 1.29 is 83.7 Å². The molecule has 0 spiro atoms. The molecule has 0 aliphatic heterocycles. The van der Waals surface area contributed by atoms with Crippen molar-refractivity contribution >= 4 is 11.9 Å². The van der Waals surface area contributed by atoms with Crippen molar-refractivity contribution in [3.63, 3.8) is 0 Å². The summed E-state index contributed by atoms with van der Waals surface area (Å²) in [7, 11) is 0. The zero-order chi connectivity index (χ0) is 10.6. The fourth-order valence-corrected chi connectivity index (χ4v) is 1.09. The molecule has 0 fully saturated rings. The Hall–Kier alpha value is 0.380. The van der Waals surface area contributed by atoms with Gasteiger partial charge in [0.25, 0.3) is 0 Å². The summed E-state index contributed by atoms with van der Waals surface area (Å²) < 4.78 is 4.84. The van der Waals surface area contributed by atoms with Crippen LogP contribution >= 0.6 is 0 Å². The third-order valence-corrected chi connectivity index (χ3v) is 1.72. The number of rotatable bonds is 4. The van der Waals surface area contributed by atoms with Crippen LogP contribution in [0.15, 0.2) is 23.8 Å². The van der Waals surface area contributed by atoms with E-state index < -0.39 is 24.6 Å². The molecule has 16 heavy (non-hydrogen) atoms. The maximum absolute atomic E-state index is 10.4. The molecule has 0 saturated carbocycles. The van der Waals surface area contributed by atoms with Gasteiger partial charge in [-0.15, -0.1) is 0 Å². The van der Waals surface area contributed by atoms with E-state index in [4.69, 9.17) is 4.74 Å². The van der Waals surface area contributed by atoms with Crippen LogP contribution in [-0.4, -0.2) is 24.6 Å². The van der Waals surface area contributed by atoms with Crippen LogP contribution in [0.4, 0.5) is 0 Å². The van der Waals surface area contributed by atoms with Crippen molar-refractivity contribution in [2.75, 3.05) is 6.61 Å². The summed E-state index contributed by atoms with van der Waals surface area (Å²) >= 11 is 0. The summed E-state index contributed by atoms with van der Waals surface area (Å²) in [6.07, 6.45) is 4.05. The number of carbonyl (C=O) groups is 2. The zero-order valence-corrected chi connectivity index (χ0v) is 13.3. The molecule has 5 nitrogen and oxygen atoms in total.